The molecule has 0 aromatic heterocycles. The van der Waals surface area contributed by atoms with Crippen LogP contribution in [0.2, 0.25) is 10.0 Å². The van der Waals surface area contributed by atoms with Gasteiger partial charge in [0.05, 0.1) is 0 Å². The maximum absolute atomic E-state index is 11.6. The summed E-state index contributed by atoms with van der Waals surface area (Å²) in [5.74, 6) is -0.964. The Morgan fingerprint density at radius 2 is 1.80 bits per heavy atom. The van der Waals surface area contributed by atoms with E-state index in [4.69, 9.17) is 23.2 Å². The van der Waals surface area contributed by atoms with Crippen molar-refractivity contribution in [3.63, 3.8) is 0 Å². The van der Waals surface area contributed by atoms with Gasteiger partial charge in [0.25, 0.3) is 0 Å². The summed E-state index contributed by atoms with van der Waals surface area (Å²) in [4.78, 5) is 11.6. The number of hydrogen-bond acceptors (Lipinski definition) is 2. The minimum Gasteiger partial charge on any atom is -0.480 e. The number of hydrogen-bond donors (Lipinski definition) is 2. The third kappa shape index (κ3) is 3.63. The number of aliphatic carboxylic acids is 1. The molecule has 0 spiro atoms. The summed E-state index contributed by atoms with van der Waals surface area (Å²) in [6, 6.07) is 11.1. The largest absolute Gasteiger partial charge is 0.480 e. The zero-order valence-corrected chi connectivity index (χ0v) is 15.9. The zero-order chi connectivity index (χ0) is 18.4. The van der Waals surface area contributed by atoms with Gasteiger partial charge in [0.1, 0.15) is 6.04 Å². The maximum atomic E-state index is 11.6. The lowest BCUT2D eigenvalue weighted by Crippen LogP contribution is -2.35. The van der Waals surface area contributed by atoms with Gasteiger partial charge in [-0.15, -0.1) is 0 Å². The first-order chi connectivity index (χ1) is 11.7. The predicted octanol–water partition coefficient (Wildman–Crippen LogP) is 5.69. The van der Waals surface area contributed by atoms with Crippen LogP contribution in [0.4, 0.5) is 5.69 Å². The molecule has 2 aromatic rings. The Morgan fingerprint density at radius 1 is 1.16 bits per heavy atom. The molecule has 0 fully saturated rings. The second kappa shape index (κ2) is 6.54. The van der Waals surface area contributed by atoms with Gasteiger partial charge in [-0.2, -0.15) is 0 Å². The van der Waals surface area contributed by atoms with Crippen LogP contribution in [0.1, 0.15) is 49.8 Å². The van der Waals surface area contributed by atoms with E-state index in [0.29, 0.717) is 22.2 Å². The van der Waals surface area contributed by atoms with Crippen LogP contribution in [0, 0.1) is 0 Å². The molecule has 2 aromatic carbocycles. The van der Waals surface area contributed by atoms with Crippen LogP contribution in [0.3, 0.4) is 0 Å². The van der Waals surface area contributed by atoms with Gasteiger partial charge >= 0.3 is 5.97 Å². The fraction of sp³-hybridized carbons (Fsp3) is 0.350. The zero-order valence-electron chi connectivity index (χ0n) is 14.4. The minimum atomic E-state index is -0.877. The normalized spacial score (nSPS) is 19.9. The lowest BCUT2D eigenvalue weighted by atomic mass is 9.80. The average Bonchev–Trinajstić information content (AvgIpc) is 2.52. The second-order valence-corrected chi connectivity index (χ2v) is 8.39. The summed E-state index contributed by atoms with van der Waals surface area (Å²) in [5.41, 5.74) is 3.97. The van der Waals surface area contributed by atoms with E-state index in [-0.39, 0.29) is 11.3 Å². The van der Waals surface area contributed by atoms with Gasteiger partial charge in [0.2, 0.25) is 0 Å². The minimum absolute atomic E-state index is 0.0688. The van der Waals surface area contributed by atoms with E-state index in [9.17, 15) is 9.90 Å². The summed E-state index contributed by atoms with van der Waals surface area (Å²) < 4.78 is 0. The number of carbonyl (C=O) groups is 1. The highest BCUT2D eigenvalue weighted by Gasteiger charge is 2.33. The lowest BCUT2D eigenvalue weighted by Gasteiger charge is -2.32. The molecule has 1 heterocycles. The summed E-state index contributed by atoms with van der Waals surface area (Å²) in [7, 11) is 0. The van der Waals surface area contributed by atoms with E-state index in [1.165, 1.54) is 5.56 Å². The SMILES string of the molecule is CC(C)(C)c1ccc(C2CC(C(=O)O)Nc3cc(Cl)cc(Cl)c32)cc1. The van der Waals surface area contributed by atoms with Crippen molar-refractivity contribution in [2.75, 3.05) is 5.32 Å². The van der Waals surface area contributed by atoms with Crippen LogP contribution >= 0.6 is 23.2 Å². The Bertz CT molecular complexity index is 810. The predicted molar refractivity (Wildman–Crippen MR) is 103 cm³/mol. The molecule has 3 rings (SSSR count). The first-order valence-corrected chi connectivity index (χ1v) is 9.01. The van der Waals surface area contributed by atoms with Gasteiger partial charge in [-0.05, 0) is 35.1 Å². The van der Waals surface area contributed by atoms with Crippen LogP contribution in [0.15, 0.2) is 36.4 Å². The molecule has 1 aliphatic heterocycles. The fourth-order valence-electron chi connectivity index (χ4n) is 3.34. The molecular weight excluding hydrogens is 357 g/mol. The smallest absolute Gasteiger partial charge is 0.326 e. The number of halogens is 2. The first kappa shape index (κ1) is 18.1. The summed E-state index contributed by atoms with van der Waals surface area (Å²) in [6.07, 6.45) is 0.443. The Balaban J connectivity index is 2.07. The highest BCUT2D eigenvalue weighted by atomic mass is 35.5. The van der Waals surface area contributed by atoms with Crippen molar-refractivity contribution >= 4 is 34.9 Å². The van der Waals surface area contributed by atoms with E-state index in [0.717, 1.165) is 11.1 Å². The molecule has 25 heavy (non-hydrogen) atoms. The summed E-state index contributed by atoms with van der Waals surface area (Å²) in [6.45, 7) is 6.50. The number of rotatable bonds is 2. The fourth-order valence-corrected chi connectivity index (χ4v) is 3.96. The highest BCUT2D eigenvalue weighted by Crippen LogP contribution is 2.44. The first-order valence-electron chi connectivity index (χ1n) is 8.25. The number of carboxylic acids is 1. The molecule has 132 valence electrons. The molecule has 0 aliphatic carbocycles. The number of fused-ring (bicyclic) bond motifs is 1. The number of anilines is 1. The molecule has 0 bridgehead atoms. The maximum Gasteiger partial charge on any atom is 0.326 e. The van der Waals surface area contributed by atoms with Crippen molar-refractivity contribution in [2.45, 2.75) is 44.6 Å². The molecule has 1 aliphatic rings. The van der Waals surface area contributed by atoms with Gasteiger partial charge in [0, 0.05) is 27.2 Å². The Morgan fingerprint density at radius 3 is 2.36 bits per heavy atom. The van der Waals surface area contributed by atoms with Crippen LogP contribution in [0.5, 0.6) is 0 Å². The van der Waals surface area contributed by atoms with Crippen LogP contribution in [-0.2, 0) is 10.2 Å². The van der Waals surface area contributed by atoms with Gasteiger partial charge in [-0.3, -0.25) is 0 Å². The average molecular weight is 378 g/mol. The van der Waals surface area contributed by atoms with Crippen molar-refractivity contribution in [3.8, 4) is 0 Å². The number of nitrogens with one attached hydrogen (secondary N) is 1. The second-order valence-electron chi connectivity index (χ2n) is 7.54. The van der Waals surface area contributed by atoms with Gasteiger partial charge < -0.3 is 10.4 Å². The molecule has 5 heteroatoms. The highest BCUT2D eigenvalue weighted by molar-refractivity contribution is 6.35. The number of carboxylic acid groups (broad SMARTS) is 1. The van der Waals surface area contributed by atoms with Crippen molar-refractivity contribution < 1.29 is 9.90 Å². The standard InChI is InChI=1S/C20H21Cl2NO2/c1-20(2,3)12-6-4-11(5-7-12)14-10-17(19(24)25)23-16-9-13(21)8-15(22)18(14)16/h4-9,14,17,23H,10H2,1-3H3,(H,24,25). The van der Waals surface area contributed by atoms with E-state index >= 15 is 0 Å². The third-order valence-electron chi connectivity index (χ3n) is 4.72. The van der Waals surface area contributed by atoms with E-state index in [1.807, 2.05) is 0 Å². The van der Waals surface area contributed by atoms with Crippen LogP contribution in [0.25, 0.3) is 0 Å². The van der Waals surface area contributed by atoms with E-state index < -0.39 is 12.0 Å². The van der Waals surface area contributed by atoms with Crippen molar-refractivity contribution in [2.24, 2.45) is 0 Å². The number of benzene rings is 2. The quantitative estimate of drug-likeness (QED) is 0.706. The van der Waals surface area contributed by atoms with Crippen LogP contribution < -0.4 is 5.32 Å². The van der Waals surface area contributed by atoms with Gasteiger partial charge in [-0.25, -0.2) is 4.79 Å². The lowest BCUT2D eigenvalue weighted by molar-refractivity contribution is -0.138. The molecule has 2 atom stereocenters. The van der Waals surface area contributed by atoms with E-state index in [1.54, 1.807) is 12.1 Å². The van der Waals surface area contributed by atoms with Gasteiger partial charge in [-0.1, -0.05) is 68.2 Å². The van der Waals surface area contributed by atoms with Crippen molar-refractivity contribution in [1.82, 2.24) is 0 Å². The molecular formula is C20H21Cl2NO2. The Kier molecular flexibility index (Phi) is 4.74. The Labute approximate surface area is 158 Å². The molecule has 2 N–H and O–H groups in total. The van der Waals surface area contributed by atoms with E-state index in [2.05, 4.69) is 50.4 Å². The Hall–Kier alpha value is -1.71. The molecule has 0 saturated carbocycles. The monoisotopic (exact) mass is 377 g/mol. The van der Waals surface area contributed by atoms with Crippen LogP contribution in [-0.4, -0.2) is 17.1 Å². The molecule has 0 radical (unpaired) electrons. The topological polar surface area (TPSA) is 49.3 Å². The third-order valence-corrected chi connectivity index (χ3v) is 5.25. The van der Waals surface area contributed by atoms with Gasteiger partial charge in [0.15, 0.2) is 0 Å². The van der Waals surface area contributed by atoms with Crippen molar-refractivity contribution in [3.05, 3.63) is 63.1 Å². The van der Waals surface area contributed by atoms with Crippen molar-refractivity contribution in [1.29, 1.82) is 0 Å². The summed E-state index contributed by atoms with van der Waals surface area (Å²) in [5, 5.41) is 13.6. The molecule has 0 saturated heterocycles. The molecule has 0 amide bonds. The molecule has 3 nitrogen and oxygen atoms in total. The summed E-state index contributed by atoms with van der Waals surface area (Å²) >= 11 is 12.6. The molecule has 2 unspecified atom stereocenters.